The first-order valence-corrected chi connectivity index (χ1v) is 8.78. The molecule has 2 aromatic heterocycles. The Morgan fingerprint density at radius 2 is 2.00 bits per heavy atom. The summed E-state index contributed by atoms with van der Waals surface area (Å²) in [6, 6.07) is 4.07. The third-order valence-corrected chi connectivity index (χ3v) is 5.05. The van der Waals surface area contributed by atoms with Crippen LogP contribution in [0.4, 0.5) is 0 Å². The van der Waals surface area contributed by atoms with Gasteiger partial charge in [-0.15, -0.1) is 0 Å². The number of nitrogens with zero attached hydrogens (tertiary/aromatic N) is 4. The Morgan fingerprint density at radius 3 is 2.79 bits per heavy atom. The highest BCUT2D eigenvalue weighted by molar-refractivity contribution is 5.94. The van der Waals surface area contributed by atoms with Crippen LogP contribution in [-0.4, -0.2) is 57.1 Å². The molecule has 1 saturated heterocycles. The Kier molecular flexibility index (Phi) is 4.30. The van der Waals surface area contributed by atoms with Crippen LogP contribution in [-0.2, 0) is 19.4 Å². The summed E-state index contributed by atoms with van der Waals surface area (Å²) in [4.78, 5) is 21.3. The maximum Gasteiger partial charge on any atom is 0.274 e. The van der Waals surface area contributed by atoms with Crippen molar-refractivity contribution in [3.63, 3.8) is 0 Å². The molecule has 0 atom stereocenters. The fourth-order valence-electron chi connectivity index (χ4n) is 3.67. The van der Waals surface area contributed by atoms with Crippen molar-refractivity contribution in [2.24, 2.45) is 0 Å². The highest BCUT2D eigenvalue weighted by atomic mass is 16.2. The van der Waals surface area contributed by atoms with Crippen LogP contribution in [0.5, 0.6) is 0 Å². The SMILES string of the molecule is O=C(c1n[nH]c2c1CCCC2)N1CCN(Cc2cccnc2)CC1. The lowest BCUT2D eigenvalue weighted by atomic mass is 9.95. The first kappa shape index (κ1) is 15.3. The smallest absolute Gasteiger partial charge is 0.274 e. The van der Waals surface area contributed by atoms with E-state index in [1.165, 1.54) is 17.7 Å². The molecule has 0 saturated carbocycles. The summed E-state index contributed by atoms with van der Waals surface area (Å²) >= 11 is 0. The van der Waals surface area contributed by atoms with Gasteiger partial charge in [0.05, 0.1) is 0 Å². The van der Waals surface area contributed by atoms with Gasteiger partial charge in [-0.2, -0.15) is 5.10 Å². The lowest BCUT2D eigenvalue weighted by molar-refractivity contribution is 0.0621. The number of hydrogen-bond donors (Lipinski definition) is 1. The van der Waals surface area contributed by atoms with Gasteiger partial charge < -0.3 is 4.90 Å². The third-order valence-electron chi connectivity index (χ3n) is 5.05. The third kappa shape index (κ3) is 3.06. The molecule has 6 nitrogen and oxygen atoms in total. The van der Waals surface area contributed by atoms with Gasteiger partial charge in [0.15, 0.2) is 5.69 Å². The molecule has 126 valence electrons. The van der Waals surface area contributed by atoms with Crippen LogP contribution in [0.15, 0.2) is 24.5 Å². The Hall–Kier alpha value is -2.21. The zero-order valence-corrected chi connectivity index (χ0v) is 13.9. The van der Waals surface area contributed by atoms with Crippen LogP contribution in [0.3, 0.4) is 0 Å². The van der Waals surface area contributed by atoms with Gasteiger partial charge in [-0.1, -0.05) is 6.07 Å². The summed E-state index contributed by atoms with van der Waals surface area (Å²) in [6.07, 6.45) is 8.06. The lowest BCUT2D eigenvalue weighted by Crippen LogP contribution is -2.48. The van der Waals surface area contributed by atoms with Crippen LogP contribution in [0.25, 0.3) is 0 Å². The summed E-state index contributed by atoms with van der Waals surface area (Å²) < 4.78 is 0. The Bertz CT molecular complexity index is 703. The molecular weight excluding hydrogens is 302 g/mol. The second-order valence-corrected chi connectivity index (χ2v) is 6.67. The number of pyridine rings is 1. The van der Waals surface area contributed by atoms with Crippen LogP contribution in [0.1, 0.15) is 40.2 Å². The van der Waals surface area contributed by atoms with Crippen LogP contribution >= 0.6 is 0 Å². The van der Waals surface area contributed by atoms with Crippen molar-refractivity contribution >= 4 is 5.91 Å². The molecule has 0 bridgehead atoms. The van der Waals surface area contributed by atoms with E-state index < -0.39 is 0 Å². The number of aryl methyl sites for hydroxylation is 1. The number of amides is 1. The Balaban J connectivity index is 1.37. The van der Waals surface area contributed by atoms with Crippen molar-refractivity contribution in [1.82, 2.24) is 25.0 Å². The number of nitrogens with one attached hydrogen (secondary N) is 1. The average Bonchev–Trinajstić information content (AvgIpc) is 3.07. The average molecular weight is 325 g/mol. The maximum absolute atomic E-state index is 12.8. The van der Waals surface area contributed by atoms with Gasteiger partial charge in [0, 0.05) is 56.4 Å². The number of fused-ring (bicyclic) bond motifs is 1. The minimum atomic E-state index is 0.0930. The van der Waals surface area contributed by atoms with Gasteiger partial charge in [0.25, 0.3) is 5.91 Å². The van der Waals surface area contributed by atoms with E-state index in [9.17, 15) is 4.79 Å². The van der Waals surface area contributed by atoms with E-state index in [-0.39, 0.29) is 5.91 Å². The second kappa shape index (κ2) is 6.73. The van der Waals surface area contributed by atoms with E-state index in [0.717, 1.165) is 57.5 Å². The number of carbonyl (C=O) groups is 1. The summed E-state index contributed by atoms with van der Waals surface area (Å²) in [7, 11) is 0. The molecule has 1 amide bonds. The van der Waals surface area contributed by atoms with Gasteiger partial charge in [-0.05, 0) is 37.3 Å². The molecule has 4 rings (SSSR count). The first-order chi connectivity index (χ1) is 11.8. The summed E-state index contributed by atoms with van der Waals surface area (Å²) in [5.41, 5.74) is 4.20. The molecule has 1 fully saturated rings. The van der Waals surface area contributed by atoms with Crippen molar-refractivity contribution in [2.45, 2.75) is 32.2 Å². The Morgan fingerprint density at radius 1 is 1.17 bits per heavy atom. The van der Waals surface area contributed by atoms with E-state index in [0.29, 0.717) is 5.69 Å². The number of aromatic amines is 1. The first-order valence-electron chi connectivity index (χ1n) is 8.78. The fraction of sp³-hybridized carbons (Fsp3) is 0.500. The molecule has 1 aliphatic heterocycles. The molecule has 24 heavy (non-hydrogen) atoms. The van der Waals surface area contributed by atoms with Gasteiger partial charge in [0.1, 0.15) is 0 Å². The molecule has 1 N–H and O–H groups in total. The number of carbonyl (C=O) groups excluding carboxylic acids is 1. The maximum atomic E-state index is 12.8. The molecule has 0 radical (unpaired) electrons. The highest BCUT2D eigenvalue weighted by Gasteiger charge is 2.27. The molecular formula is C18H23N5O. The van der Waals surface area contributed by atoms with E-state index in [4.69, 9.17) is 0 Å². The summed E-state index contributed by atoms with van der Waals surface area (Å²) in [5, 5.41) is 7.39. The second-order valence-electron chi connectivity index (χ2n) is 6.67. The van der Waals surface area contributed by atoms with Gasteiger partial charge in [0.2, 0.25) is 0 Å². The van der Waals surface area contributed by atoms with Crippen LogP contribution in [0, 0.1) is 0 Å². The standard InChI is InChI=1S/C18H23N5O/c24-18(17-15-5-1-2-6-16(15)20-21-17)23-10-8-22(9-11-23)13-14-4-3-7-19-12-14/h3-4,7,12H,1-2,5-6,8-11,13H2,(H,20,21). The molecule has 0 aromatic carbocycles. The molecule has 0 spiro atoms. The van der Waals surface area contributed by atoms with Crippen molar-refractivity contribution < 1.29 is 4.79 Å². The monoisotopic (exact) mass is 325 g/mol. The largest absolute Gasteiger partial charge is 0.335 e. The van der Waals surface area contributed by atoms with E-state index in [1.54, 1.807) is 6.20 Å². The van der Waals surface area contributed by atoms with Crippen LogP contribution < -0.4 is 0 Å². The number of hydrogen-bond acceptors (Lipinski definition) is 4. The normalized spacial score (nSPS) is 18.4. The van der Waals surface area contributed by atoms with Crippen molar-refractivity contribution in [3.05, 3.63) is 47.0 Å². The molecule has 2 aliphatic rings. The number of aromatic nitrogens is 3. The minimum absolute atomic E-state index is 0.0930. The highest BCUT2D eigenvalue weighted by Crippen LogP contribution is 2.23. The van der Waals surface area contributed by atoms with Crippen LogP contribution in [0.2, 0.25) is 0 Å². The molecule has 1 aliphatic carbocycles. The molecule has 6 heteroatoms. The topological polar surface area (TPSA) is 65.1 Å². The van der Waals surface area contributed by atoms with Crippen molar-refractivity contribution in [2.75, 3.05) is 26.2 Å². The van der Waals surface area contributed by atoms with E-state index in [2.05, 4.69) is 26.1 Å². The van der Waals surface area contributed by atoms with Crippen molar-refractivity contribution in [1.29, 1.82) is 0 Å². The van der Waals surface area contributed by atoms with Gasteiger partial charge in [-0.25, -0.2) is 0 Å². The minimum Gasteiger partial charge on any atom is -0.335 e. The predicted octanol–water partition coefficient (Wildman–Crippen LogP) is 1.64. The zero-order valence-electron chi connectivity index (χ0n) is 13.9. The van der Waals surface area contributed by atoms with E-state index >= 15 is 0 Å². The fourth-order valence-corrected chi connectivity index (χ4v) is 3.67. The Labute approximate surface area is 141 Å². The summed E-state index contributed by atoms with van der Waals surface area (Å²) in [5.74, 6) is 0.0930. The van der Waals surface area contributed by atoms with E-state index in [1.807, 2.05) is 17.2 Å². The van der Waals surface area contributed by atoms with Crippen molar-refractivity contribution in [3.8, 4) is 0 Å². The summed E-state index contributed by atoms with van der Waals surface area (Å²) in [6.45, 7) is 4.22. The molecule has 0 unspecified atom stereocenters. The number of piperazine rings is 1. The zero-order chi connectivity index (χ0) is 16.4. The molecule has 3 heterocycles. The van der Waals surface area contributed by atoms with Gasteiger partial charge >= 0.3 is 0 Å². The van der Waals surface area contributed by atoms with Gasteiger partial charge in [-0.3, -0.25) is 19.8 Å². The predicted molar refractivity (Wildman–Crippen MR) is 90.6 cm³/mol. The number of rotatable bonds is 3. The lowest BCUT2D eigenvalue weighted by Gasteiger charge is -2.34. The quantitative estimate of drug-likeness (QED) is 0.932. The number of H-pyrrole nitrogens is 1. The molecule has 2 aromatic rings.